The molecule has 0 fully saturated rings. The fraction of sp³-hybridized carbons (Fsp3) is 0.304. The molecule has 150 valence electrons. The maximum atomic E-state index is 13.3. The first kappa shape index (κ1) is 19.6. The highest BCUT2D eigenvalue weighted by molar-refractivity contribution is 6.30. The van der Waals surface area contributed by atoms with Crippen molar-refractivity contribution in [2.45, 2.75) is 45.2 Å². The minimum atomic E-state index is -0.570. The highest BCUT2D eigenvalue weighted by Crippen LogP contribution is 2.28. The van der Waals surface area contributed by atoms with Gasteiger partial charge in [0.25, 0.3) is 0 Å². The SMILES string of the molecule is CC(C)(NC(=O)Cc1ccc(F)c(Cl)c1)c1cccc(-c2cn3c(n2)CCC3)c1. The standard InChI is InChI=1S/C23H23ClFN3O/c1-23(2,27-22(29)12-15-8-9-19(25)18(24)11-15)17-6-3-5-16(13-17)20-14-28-10-4-7-21(28)26-20/h3,5-6,8-9,11,13-14H,4,7,10,12H2,1-2H3,(H,27,29). The molecule has 0 saturated carbocycles. The zero-order chi connectivity index (χ0) is 20.6. The predicted octanol–water partition coefficient (Wildman–Crippen LogP) is 4.88. The average molecular weight is 412 g/mol. The molecule has 1 amide bonds. The summed E-state index contributed by atoms with van der Waals surface area (Å²) < 4.78 is 15.5. The molecule has 3 aromatic rings. The first-order chi connectivity index (χ1) is 13.8. The average Bonchev–Trinajstić information content (AvgIpc) is 3.26. The third kappa shape index (κ3) is 4.20. The van der Waals surface area contributed by atoms with Crippen LogP contribution in [0.1, 0.15) is 37.2 Å². The summed E-state index contributed by atoms with van der Waals surface area (Å²) in [6, 6.07) is 12.5. The van der Waals surface area contributed by atoms with Crippen molar-refractivity contribution in [3.63, 3.8) is 0 Å². The number of nitrogens with zero attached hydrogens (tertiary/aromatic N) is 2. The van der Waals surface area contributed by atoms with Gasteiger partial charge >= 0.3 is 0 Å². The molecule has 1 aliphatic rings. The van der Waals surface area contributed by atoms with E-state index >= 15 is 0 Å². The lowest BCUT2D eigenvalue weighted by molar-refractivity contribution is -0.122. The van der Waals surface area contributed by atoms with Crippen molar-refractivity contribution in [3.8, 4) is 11.3 Å². The topological polar surface area (TPSA) is 46.9 Å². The number of hydrogen-bond acceptors (Lipinski definition) is 2. The van der Waals surface area contributed by atoms with Crippen LogP contribution >= 0.6 is 11.6 Å². The van der Waals surface area contributed by atoms with Crippen molar-refractivity contribution in [2.24, 2.45) is 0 Å². The van der Waals surface area contributed by atoms with E-state index in [1.165, 1.54) is 12.1 Å². The Hall–Kier alpha value is -2.66. The Kier molecular flexibility index (Phi) is 5.17. The third-order valence-electron chi connectivity index (χ3n) is 5.34. The minimum absolute atomic E-state index is 0.0224. The lowest BCUT2D eigenvalue weighted by atomic mass is 9.92. The van der Waals surface area contributed by atoms with Gasteiger partial charge in [-0.05, 0) is 49.6 Å². The molecule has 0 saturated heterocycles. The predicted molar refractivity (Wildman–Crippen MR) is 112 cm³/mol. The number of rotatable bonds is 5. The summed E-state index contributed by atoms with van der Waals surface area (Å²) in [5.74, 6) is 0.498. The van der Waals surface area contributed by atoms with Crippen LogP contribution in [0, 0.1) is 5.82 Å². The maximum absolute atomic E-state index is 13.3. The van der Waals surface area contributed by atoms with Crippen LogP contribution in [0.25, 0.3) is 11.3 Å². The van der Waals surface area contributed by atoms with Crippen molar-refractivity contribution in [1.29, 1.82) is 0 Å². The summed E-state index contributed by atoms with van der Waals surface area (Å²) in [6.07, 6.45) is 4.41. The van der Waals surface area contributed by atoms with Crippen LogP contribution in [0.3, 0.4) is 0 Å². The molecule has 4 rings (SSSR count). The van der Waals surface area contributed by atoms with E-state index in [9.17, 15) is 9.18 Å². The Morgan fingerprint density at radius 2 is 2.10 bits per heavy atom. The summed E-state index contributed by atoms with van der Waals surface area (Å²) in [4.78, 5) is 17.3. The minimum Gasteiger partial charge on any atom is -0.347 e. The number of amides is 1. The largest absolute Gasteiger partial charge is 0.347 e. The van der Waals surface area contributed by atoms with E-state index in [-0.39, 0.29) is 17.4 Å². The van der Waals surface area contributed by atoms with Crippen molar-refractivity contribution >= 4 is 17.5 Å². The van der Waals surface area contributed by atoms with Crippen LogP contribution in [-0.2, 0) is 29.7 Å². The van der Waals surface area contributed by atoms with Crippen LogP contribution < -0.4 is 5.32 Å². The van der Waals surface area contributed by atoms with Crippen LogP contribution in [0.15, 0.2) is 48.7 Å². The van der Waals surface area contributed by atoms with Gasteiger partial charge in [-0.15, -0.1) is 0 Å². The molecule has 4 nitrogen and oxygen atoms in total. The zero-order valence-electron chi connectivity index (χ0n) is 16.5. The van der Waals surface area contributed by atoms with Gasteiger partial charge in [-0.3, -0.25) is 4.79 Å². The molecule has 0 aliphatic carbocycles. The number of aromatic nitrogens is 2. The molecule has 0 spiro atoms. The molecule has 1 aromatic heterocycles. The quantitative estimate of drug-likeness (QED) is 0.650. The van der Waals surface area contributed by atoms with Gasteiger partial charge < -0.3 is 9.88 Å². The van der Waals surface area contributed by atoms with E-state index in [4.69, 9.17) is 16.6 Å². The van der Waals surface area contributed by atoms with Gasteiger partial charge in [0, 0.05) is 24.7 Å². The number of carbonyl (C=O) groups excluding carboxylic acids is 1. The molecule has 29 heavy (non-hydrogen) atoms. The zero-order valence-corrected chi connectivity index (χ0v) is 17.3. The highest BCUT2D eigenvalue weighted by atomic mass is 35.5. The van der Waals surface area contributed by atoms with Gasteiger partial charge in [-0.2, -0.15) is 0 Å². The van der Waals surface area contributed by atoms with Gasteiger partial charge in [0.05, 0.1) is 22.7 Å². The Labute approximate surface area is 174 Å². The normalized spacial score (nSPS) is 13.4. The monoisotopic (exact) mass is 411 g/mol. The van der Waals surface area contributed by atoms with Crippen molar-refractivity contribution in [3.05, 3.63) is 76.5 Å². The number of fused-ring (bicyclic) bond motifs is 1. The molecule has 1 N–H and O–H groups in total. The maximum Gasteiger partial charge on any atom is 0.225 e. The van der Waals surface area contributed by atoms with E-state index in [0.29, 0.717) is 5.56 Å². The fourth-order valence-corrected chi connectivity index (χ4v) is 3.96. The lowest BCUT2D eigenvalue weighted by Crippen LogP contribution is -2.41. The number of hydrogen-bond donors (Lipinski definition) is 1. The molecule has 0 radical (unpaired) electrons. The van der Waals surface area contributed by atoms with Crippen molar-refractivity contribution in [2.75, 3.05) is 0 Å². The number of aryl methyl sites for hydroxylation is 2. The number of carbonyl (C=O) groups is 1. The number of nitrogens with one attached hydrogen (secondary N) is 1. The van der Waals surface area contributed by atoms with Crippen LogP contribution in [-0.4, -0.2) is 15.5 Å². The molecule has 0 atom stereocenters. The summed E-state index contributed by atoms with van der Waals surface area (Å²) >= 11 is 5.82. The first-order valence-corrected chi connectivity index (χ1v) is 10.1. The molecule has 6 heteroatoms. The second-order valence-corrected chi connectivity index (χ2v) is 8.43. The van der Waals surface area contributed by atoms with Gasteiger partial charge in [-0.25, -0.2) is 9.37 Å². The molecular weight excluding hydrogens is 389 g/mol. The van der Waals surface area contributed by atoms with Gasteiger partial charge in [-0.1, -0.05) is 35.9 Å². The lowest BCUT2D eigenvalue weighted by Gasteiger charge is -2.27. The van der Waals surface area contributed by atoms with Gasteiger partial charge in [0.1, 0.15) is 11.6 Å². The molecule has 1 aliphatic heterocycles. The number of benzene rings is 2. The van der Waals surface area contributed by atoms with Crippen molar-refractivity contribution < 1.29 is 9.18 Å². The summed E-state index contributed by atoms with van der Waals surface area (Å²) in [7, 11) is 0. The fourth-order valence-electron chi connectivity index (χ4n) is 3.76. The molecule has 2 heterocycles. The first-order valence-electron chi connectivity index (χ1n) is 9.74. The van der Waals surface area contributed by atoms with Gasteiger partial charge in [0.2, 0.25) is 5.91 Å². The third-order valence-corrected chi connectivity index (χ3v) is 5.63. The molecule has 2 aromatic carbocycles. The Balaban J connectivity index is 1.50. The molecule has 0 unspecified atom stereocenters. The van der Waals surface area contributed by atoms with E-state index in [0.717, 1.165) is 42.0 Å². The Morgan fingerprint density at radius 1 is 1.28 bits per heavy atom. The van der Waals surface area contributed by atoms with E-state index < -0.39 is 11.4 Å². The number of halogens is 2. The summed E-state index contributed by atoms with van der Waals surface area (Å²) in [5, 5.41) is 3.09. The van der Waals surface area contributed by atoms with E-state index in [1.54, 1.807) is 6.07 Å². The molecule has 0 bridgehead atoms. The summed E-state index contributed by atoms with van der Waals surface area (Å²) in [6.45, 7) is 4.96. The van der Waals surface area contributed by atoms with Gasteiger partial charge in [0.15, 0.2) is 0 Å². The summed E-state index contributed by atoms with van der Waals surface area (Å²) in [5.41, 5.74) is 3.10. The number of imidazole rings is 1. The van der Waals surface area contributed by atoms with Crippen LogP contribution in [0.5, 0.6) is 0 Å². The second-order valence-electron chi connectivity index (χ2n) is 8.02. The molecular formula is C23H23ClFN3O. The highest BCUT2D eigenvalue weighted by Gasteiger charge is 2.24. The van der Waals surface area contributed by atoms with Crippen LogP contribution in [0.4, 0.5) is 4.39 Å². The smallest absolute Gasteiger partial charge is 0.225 e. The van der Waals surface area contributed by atoms with E-state index in [1.807, 2.05) is 32.0 Å². The van der Waals surface area contributed by atoms with Crippen LogP contribution in [0.2, 0.25) is 5.02 Å². The Morgan fingerprint density at radius 3 is 2.86 bits per heavy atom. The Bertz CT molecular complexity index is 1050. The second kappa shape index (κ2) is 7.64. The van der Waals surface area contributed by atoms with Crippen molar-refractivity contribution in [1.82, 2.24) is 14.9 Å². The van der Waals surface area contributed by atoms with E-state index in [2.05, 4.69) is 22.1 Å².